The van der Waals surface area contributed by atoms with E-state index in [1.165, 1.54) is 109 Å². The van der Waals surface area contributed by atoms with Gasteiger partial charge in [0.05, 0.1) is 0 Å². The van der Waals surface area contributed by atoms with Crippen LogP contribution in [0.15, 0.2) is 218 Å². The molecule has 11 rings (SSSR count). The molecule has 0 nitrogen and oxygen atoms in total. The van der Waals surface area contributed by atoms with Crippen molar-refractivity contribution >= 4 is 53.9 Å². The van der Waals surface area contributed by atoms with Crippen LogP contribution in [-0.2, 0) is 0 Å². The third-order valence-corrected chi connectivity index (χ3v) is 11.6. The van der Waals surface area contributed by atoms with Crippen molar-refractivity contribution in [3.63, 3.8) is 0 Å². The molecule has 0 heterocycles. The maximum atomic E-state index is 2.37. The predicted molar refractivity (Wildman–Crippen MR) is 241 cm³/mol. The first kappa shape index (κ1) is 32.2. The normalized spacial score (nSPS) is 11.6. The van der Waals surface area contributed by atoms with Crippen LogP contribution in [-0.4, -0.2) is 0 Å². The first-order valence-electron chi connectivity index (χ1n) is 19.4. The molecule has 0 atom stereocenters. The number of fused-ring (bicyclic) bond motifs is 5. The molecule has 0 aliphatic heterocycles. The SMILES string of the molecule is c1ccc(-c2c3ccccc3c(-c3cccc(-c4ccc5cc(-c6c7ccccc7c(-c7ccccc7)c7ccccc67)ccc5c4)c3)c3ccccc23)cc1. The lowest BCUT2D eigenvalue weighted by molar-refractivity contribution is 1.62. The molecule has 0 heteroatoms. The topological polar surface area (TPSA) is 0 Å². The monoisotopic (exact) mass is 708 g/mol. The van der Waals surface area contributed by atoms with E-state index in [0.29, 0.717) is 0 Å². The molecule has 260 valence electrons. The van der Waals surface area contributed by atoms with Gasteiger partial charge in [-0.2, -0.15) is 0 Å². The molecule has 11 aromatic rings. The van der Waals surface area contributed by atoms with Crippen LogP contribution in [0.5, 0.6) is 0 Å². The Morgan fingerprint density at radius 3 is 0.839 bits per heavy atom. The van der Waals surface area contributed by atoms with Gasteiger partial charge in [-0.05, 0) is 128 Å². The highest BCUT2D eigenvalue weighted by Gasteiger charge is 2.18. The summed E-state index contributed by atoms with van der Waals surface area (Å²) >= 11 is 0. The van der Waals surface area contributed by atoms with Gasteiger partial charge in [-0.25, -0.2) is 0 Å². The minimum Gasteiger partial charge on any atom is -0.0622 e. The minimum absolute atomic E-state index is 1.21. The zero-order valence-corrected chi connectivity index (χ0v) is 30.8. The highest BCUT2D eigenvalue weighted by Crippen LogP contribution is 2.46. The van der Waals surface area contributed by atoms with E-state index >= 15 is 0 Å². The molecule has 0 saturated heterocycles. The van der Waals surface area contributed by atoms with Crippen LogP contribution in [0, 0.1) is 0 Å². The van der Waals surface area contributed by atoms with Crippen LogP contribution in [0.2, 0.25) is 0 Å². The molecule has 11 aromatic carbocycles. The van der Waals surface area contributed by atoms with Gasteiger partial charge in [-0.15, -0.1) is 0 Å². The van der Waals surface area contributed by atoms with Gasteiger partial charge in [0.15, 0.2) is 0 Å². The highest BCUT2D eigenvalue weighted by molar-refractivity contribution is 6.23. The molecule has 0 bridgehead atoms. The molecule has 0 radical (unpaired) electrons. The van der Waals surface area contributed by atoms with Gasteiger partial charge in [0.2, 0.25) is 0 Å². The summed E-state index contributed by atoms with van der Waals surface area (Å²) in [6, 6.07) is 80.2. The summed E-state index contributed by atoms with van der Waals surface area (Å²) in [4.78, 5) is 0. The van der Waals surface area contributed by atoms with Crippen molar-refractivity contribution in [3.8, 4) is 55.6 Å². The Labute approximate surface area is 326 Å². The molecule has 0 fully saturated rings. The number of hydrogen-bond acceptors (Lipinski definition) is 0. The molecule has 0 amide bonds. The van der Waals surface area contributed by atoms with E-state index in [1.54, 1.807) is 0 Å². The fourth-order valence-electron chi connectivity index (χ4n) is 9.15. The molecular formula is C56H36. The molecule has 0 saturated carbocycles. The van der Waals surface area contributed by atoms with Crippen LogP contribution in [0.1, 0.15) is 0 Å². The second-order valence-corrected chi connectivity index (χ2v) is 14.8. The summed E-state index contributed by atoms with van der Waals surface area (Å²) in [5.41, 5.74) is 12.5. The third-order valence-electron chi connectivity index (χ3n) is 11.6. The number of hydrogen-bond donors (Lipinski definition) is 0. The summed E-state index contributed by atoms with van der Waals surface area (Å²) in [5.74, 6) is 0. The molecule has 0 aromatic heterocycles. The van der Waals surface area contributed by atoms with E-state index in [-0.39, 0.29) is 0 Å². The van der Waals surface area contributed by atoms with Crippen molar-refractivity contribution in [2.45, 2.75) is 0 Å². The molecule has 0 unspecified atom stereocenters. The molecule has 56 heavy (non-hydrogen) atoms. The fraction of sp³-hybridized carbons (Fsp3) is 0. The Morgan fingerprint density at radius 1 is 0.161 bits per heavy atom. The highest BCUT2D eigenvalue weighted by atomic mass is 14.2. The second kappa shape index (κ2) is 13.2. The van der Waals surface area contributed by atoms with Crippen molar-refractivity contribution in [2.24, 2.45) is 0 Å². The largest absolute Gasteiger partial charge is 0.0622 e. The summed E-state index contributed by atoms with van der Waals surface area (Å²) < 4.78 is 0. The van der Waals surface area contributed by atoms with Gasteiger partial charge in [0, 0.05) is 0 Å². The van der Waals surface area contributed by atoms with Crippen LogP contribution < -0.4 is 0 Å². The van der Waals surface area contributed by atoms with Gasteiger partial charge in [0.1, 0.15) is 0 Å². The van der Waals surface area contributed by atoms with E-state index in [0.717, 1.165) is 0 Å². The first-order chi connectivity index (χ1) is 27.8. The Morgan fingerprint density at radius 2 is 0.429 bits per heavy atom. The van der Waals surface area contributed by atoms with Crippen LogP contribution in [0.25, 0.3) is 109 Å². The molecule has 0 spiro atoms. The summed E-state index contributed by atoms with van der Waals surface area (Å²) in [5, 5.41) is 12.6. The quantitative estimate of drug-likeness (QED) is 0.156. The zero-order chi connectivity index (χ0) is 37.0. The van der Waals surface area contributed by atoms with Crippen molar-refractivity contribution in [1.82, 2.24) is 0 Å². The molecule has 0 aliphatic rings. The average Bonchev–Trinajstić information content (AvgIpc) is 3.27. The summed E-state index contributed by atoms with van der Waals surface area (Å²) in [6.45, 7) is 0. The van der Waals surface area contributed by atoms with Crippen molar-refractivity contribution in [3.05, 3.63) is 218 Å². The van der Waals surface area contributed by atoms with Gasteiger partial charge < -0.3 is 0 Å². The van der Waals surface area contributed by atoms with Crippen LogP contribution >= 0.6 is 0 Å². The van der Waals surface area contributed by atoms with Crippen LogP contribution in [0.3, 0.4) is 0 Å². The van der Waals surface area contributed by atoms with Crippen molar-refractivity contribution in [1.29, 1.82) is 0 Å². The Hall–Kier alpha value is -7.28. The van der Waals surface area contributed by atoms with Gasteiger partial charge >= 0.3 is 0 Å². The van der Waals surface area contributed by atoms with E-state index < -0.39 is 0 Å². The summed E-state index contributed by atoms with van der Waals surface area (Å²) in [7, 11) is 0. The molecule has 0 N–H and O–H groups in total. The molecule has 0 aliphatic carbocycles. The van der Waals surface area contributed by atoms with E-state index in [1.807, 2.05) is 0 Å². The van der Waals surface area contributed by atoms with Gasteiger partial charge in [0.25, 0.3) is 0 Å². The number of benzene rings is 11. The van der Waals surface area contributed by atoms with Crippen molar-refractivity contribution < 1.29 is 0 Å². The molecular weight excluding hydrogens is 673 g/mol. The maximum absolute atomic E-state index is 2.37. The summed E-state index contributed by atoms with van der Waals surface area (Å²) in [6.07, 6.45) is 0. The second-order valence-electron chi connectivity index (χ2n) is 14.8. The first-order valence-corrected chi connectivity index (χ1v) is 19.4. The standard InChI is InChI=1S/C56H36/c1-3-16-37(17-4-1)53-45-22-7-11-26-49(45)55(50-27-12-8-23-46(50)53)43-21-15-20-39(35-43)40-30-31-42-36-44(33-32-41(42)34-40)56-51-28-13-9-24-47(51)54(38-18-5-2-6-19-38)48-25-10-14-29-52(48)56/h1-36H. The lowest BCUT2D eigenvalue weighted by Crippen LogP contribution is -1.91. The number of rotatable bonds is 5. The van der Waals surface area contributed by atoms with Gasteiger partial charge in [-0.1, -0.05) is 200 Å². The predicted octanol–water partition coefficient (Wildman–Crippen LogP) is 15.8. The third kappa shape index (κ3) is 5.22. The smallest absolute Gasteiger partial charge is 0.00262 e. The Kier molecular flexibility index (Phi) is 7.60. The fourth-order valence-corrected chi connectivity index (χ4v) is 9.15. The van der Waals surface area contributed by atoms with Crippen molar-refractivity contribution in [2.75, 3.05) is 0 Å². The lowest BCUT2D eigenvalue weighted by Gasteiger charge is -2.18. The van der Waals surface area contributed by atoms with Crippen LogP contribution in [0.4, 0.5) is 0 Å². The Bertz CT molecular complexity index is 3170. The Balaban J connectivity index is 1.04. The zero-order valence-electron chi connectivity index (χ0n) is 30.8. The average molecular weight is 709 g/mol. The van der Waals surface area contributed by atoms with E-state index in [2.05, 4.69) is 218 Å². The van der Waals surface area contributed by atoms with Gasteiger partial charge in [-0.3, -0.25) is 0 Å². The maximum Gasteiger partial charge on any atom is -0.00262 e. The minimum atomic E-state index is 1.21. The lowest BCUT2D eigenvalue weighted by atomic mass is 9.85. The van der Waals surface area contributed by atoms with E-state index in [9.17, 15) is 0 Å². The van der Waals surface area contributed by atoms with E-state index in [4.69, 9.17) is 0 Å².